The van der Waals surface area contributed by atoms with Crippen LogP contribution in [0.1, 0.15) is 78.5 Å². The minimum Gasteiger partial charge on any atom is -0.381 e. The van der Waals surface area contributed by atoms with Gasteiger partial charge in [-0.15, -0.1) is 10.2 Å². The Labute approximate surface area is 389 Å². The number of amides is 4. The van der Waals surface area contributed by atoms with Crippen molar-refractivity contribution in [1.29, 1.82) is 0 Å². The Hall–Kier alpha value is -6.95. The molecule has 9 rings (SSSR count). The lowest BCUT2D eigenvalue weighted by molar-refractivity contribution is 0.0642. The normalized spacial score (nSPS) is 14.2. The third-order valence-corrected chi connectivity index (χ3v) is 12.3. The predicted octanol–water partition coefficient (Wildman–Crippen LogP) is 7.22. The van der Waals surface area contributed by atoms with Crippen molar-refractivity contribution in [1.82, 2.24) is 40.8 Å². The molecule has 0 radical (unpaired) electrons. The second-order valence-corrected chi connectivity index (χ2v) is 16.5. The number of benzene rings is 4. The summed E-state index contributed by atoms with van der Waals surface area (Å²) in [4.78, 5) is 62.0. The van der Waals surface area contributed by atoms with Crippen LogP contribution in [0.4, 0.5) is 11.4 Å². The number of hydrogen-bond donors (Lipinski definition) is 4. The van der Waals surface area contributed by atoms with E-state index >= 15 is 0 Å². The summed E-state index contributed by atoms with van der Waals surface area (Å²) in [6, 6.07) is 29.6. The number of tetrazole rings is 1. The molecular formula is C49H49BrN10O6. The molecule has 5 heterocycles. The van der Waals surface area contributed by atoms with Gasteiger partial charge in [-0.05, 0) is 112 Å². The van der Waals surface area contributed by atoms with Gasteiger partial charge in [0.1, 0.15) is 0 Å². The molecule has 0 aliphatic carbocycles. The molecule has 0 bridgehead atoms. The van der Waals surface area contributed by atoms with Crippen LogP contribution in [-0.4, -0.2) is 93.3 Å². The zero-order valence-corrected chi connectivity index (χ0v) is 37.7. The second-order valence-electron chi connectivity index (χ2n) is 16.0. The molecule has 0 saturated carbocycles. The summed E-state index contributed by atoms with van der Waals surface area (Å²) in [5.74, 6) is -0.414. The number of aromatic nitrogens is 6. The van der Waals surface area contributed by atoms with Crippen molar-refractivity contribution in [3.63, 3.8) is 0 Å². The molecule has 2 aliphatic rings. The third-order valence-electron chi connectivity index (χ3n) is 11.7. The number of pyridine rings is 2. The van der Waals surface area contributed by atoms with Gasteiger partial charge >= 0.3 is 0 Å². The summed E-state index contributed by atoms with van der Waals surface area (Å²) in [5, 5.41) is 27.7. The number of nitrogens with zero attached hydrogens (tertiary/aromatic N) is 6. The van der Waals surface area contributed by atoms with Crippen LogP contribution in [0.2, 0.25) is 0 Å². The molecular weight excluding hydrogens is 905 g/mol. The van der Waals surface area contributed by atoms with E-state index in [-0.39, 0.29) is 35.0 Å². The molecule has 338 valence electrons. The largest absolute Gasteiger partial charge is 0.381 e. The third kappa shape index (κ3) is 11.3. The van der Waals surface area contributed by atoms with Crippen molar-refractivity contribution in [2.75, 3.05) is 50.2 Å². The Bertz CT molecular complexity index is 2810. The maximum atomic E-state index is 13.3. The van der Waals surface area contributed by atoms with Crippen LogP contribution in [0.15, 0.2) is 116 Å². The number of ether oxygens (including phenoxy) is 2. The molecule has 0 unspecified atom stereocenters. The number of rotatable bonds is 13. The van der Waals surface area contributed by atoms with Gasteiger partial charge < -0.3 is 30.7 Å². The van der Waals surface area contributed by atoms with Gasteiger partial charge in [0.15, 0.2) is 17.7 Å². The van der Waals surface area contributed by atoms with Gasteiger partial charge in [-0.2, -0.15) is 4.80 Å². The average molecular weight is 954 g/mol. The van der Waals surface area contributed by atoms with Crippen LogP contribution in [0.25, 0.3) is 21.5 Å². The number of hydrogen-bond acceptors (Lipinski definition) is 11. The van der Waals surface area contributed by atoms with E-state index in [4.69, 9.17) is 9.47 Å². The molecule has 4 N–H and O–H groups in total. The lowest BCUT2D eigenvalue weighted by atomic mass is 9.99. The molecule has 7 aromatic rings. The number of fused-ring (bicyclic) bond motifs is 2. The number of nitrogens with one attached hydrogen (secondary N) is 4. The van der Waals surface area contributed by atoms with E-state index in [9.17, 15) is 19.2 Å². The molecule has 17 heteroatoms. The smallest absolute Gasteiger partial charge is 0.272 e. The Morgan fingerprint density at radius 1 is 0.576 bits per heavy atom. The molecule has 3 aromatic heterocycles. The van der Waals surface area contributed by atoms with Gasteiger partial charge in [0.05, 0.1) is 17.9 Å². The molecule has 2 aliphatic heterocycles. The topological polar surface area (TPSA) is 204 Å². The van der Waals surface area contributed by atoms with E-state index in [1.165, 1.54) is 11.1 Å². The first-order chi connectivity index (χ1) is 32.4. The zero-order valence-electron chi connectivity index (χ0n) is 36.1. The van der Waals surface area contributed by atoms with E-state index in [0.717, 1.165) is 71.6 Å². The van der Waals surface area contributed by atoms with Gasteiger partial charge in [-0.3, -0.25) is 19.2 Å². The summed E-state index contributed by atoms with van der Waals surface area (Å²) >= 11 is 3.50. The highest BCUT2D eigenvalue weighted by Crippen LogP contribution is 2.27. The fourth-order valence-corrected chi connectivity index (χ4v) is 8.57. The predicted molar refractivity (Wildman–Crippen MR) is 254 cm³/mol. The second kappa shape index (κ2) is 22.3. The van der Waals surface area contributed by atoms with E-state index in [2.05, 4.69) is 62.6 Å². The van der Waals surface area contributed by atoms with Gasteiger partial charge in [0.25, 0.3) is 23.6 Å². The molecule has 2 fully saturated rings. The van der Waals surface area contributed by atoms with Crippen LogP contribution in [0.3, 0.4) is 0 Å². The van der Waals surface area contributed by atoms with Crippen molar-refractivity contribution in [2.24, 2.45) is 11.8 Å². The van der Waals surface area contributed by atoms with Gasteiger partial charge in [-0.25, -0.2) is 9.97 Å². The molecule has 2 saturated heterocycles. The number of alkyl halides is 1. The molecule has 4 aromatic carbocycles. The summed E-state index contributed by atoms with van der Waals surface area (Å²) in [6.45, 7) is 4.45. The minimum atomic E-state index is -0.321. The number of anilines is 2. The highest BCUT2D eigenvalue weighted by Gasteiger charge is 2.22. The van der Waals surface area contributed by atoms with Gasteiger partial charge in [0.2, 0.25) is 0 Å². The lowest BCUT2D eigenvalue weighted by Crippen LogP contribution is -2.33. The van der Waals surface area contributed by atoms with Crippen LogP contribution in [0, 0.1) is 11.8 Å². The molecule has 16 nitrogen and oxygen atoms in total. The Morgan fingerprint density at radius 3 is 1.52 bits per heavy atom. The van der Waals surface area contributed by atoms with E-state index in [0.29, 0.717) is 72.5 Å². The van der Waals surface area contributed by atoms with Crippen LogP contribution < -0.4 is 21.3 Å². The zero-order chi connectivity index (χ0) is 45.7. The first kappa shape index (κ1) is 45.6. The van der Waals surface area contributed by atoms with Crippen molar-refractivity contribution >= 4 is 72.5 Å². The Morgan fingerprint density at radius 2 is 1.05 bits per heavy atom. The monoisotopic (exact) mass is 952 g/mol. The van der Waals surface area contributed by atoms with Crippen molar-refractivity contribution in [3.8, 4) is 0 Å². The fraction of sp³-hybridized carbons (Fsp3) is 0.286. The fourth-order valence-electron chi connectivity index (χ4n) is 8.08. The van der Waals surface area contributed by atoms with E-state index in [1.807, 2.05) is 66.7 Å². The van der Waals surface area contributed by atoms with E-state index in [1.54, 1.807) is 42.7 Å². The lowest BCUT2D eigenvalue weighted by Gasteiger charge is -2.22. The standard InChI is InChI=1S/C25H25N7O3.C24H24BrN3O3/c33-24(21-8-7-18(15-32-29-16-28-31-32)19-4-1-2-5-20(19)21)30-22-6-3-11-26-23(22)25(34)27-14-17-9-12-35-13-10-17;25-14-17-7-8-20(19-5-2-1-4-18(17)19)23(29)28-21-6-3-11-26-22(21)24(30)27-15-16-9-12-31-13-10-16/h1-8,11,16-17H,9-10,12-15H2,(H,27,34)(H,30,33);1-8,11,16H,9-10,12-15H2,(H,27,30)(H,28,29). The summed E-state index contributed by atoms with van der Waals surface area (Å²) in [7, 11) is 0. The SMILES string of the molecule is O=C(NCC1CCOCC1)c1ncccc1NC(=O)c1ccc(CBr)c2ccccc12.O=C(NCC1CCOCC1)c1ncccc1NC(=O)c1ccc(Cn2ncnn2)c2ccccc12. The van der Waals surface area contributed by atoms with Crippen LogP contribution in [-0.2, 0) is 21.3 Å². The highest BCUT2D eigenvalue weighted by molar-refractivity contribution is 9.08. The molecule has 0 atom stereocenters. The minimum absolute atomic E-state index is 0.186. The number of halogens is 1. The summed E-state index contributed by atoms with van der Waals surface area (Å²) in [6.07, 6.45) is 8.19. The number of carbonyl (C=O) groups excluding carboxylic acids is 4. The van der Waals surface area contributed by atoms with Gasteiger partial charge in [-0.1, -0.05) is 76.6 Å². The van der Waals surface area contributed by atoms with E-state index < -0.39 is 0 Å². The molecule has 0 spiro atoms. The molecule has 66 heavy (non-hydrogen) atoms. The quantitative estimate of drug-likeness (QED) is 0.0850. The Balaban J connectivity index is 0.000000181. The van der Waals surface area contributed by atoms with Gasteiger partial charge in [0, 0.05) is 68.4 Å². The maximum Gasteiger partial charge on any atom is 0.272 e. The van der Waals surface area contributed by atoms with Crippen LogP contribution in [0.5, 0.6) is 0 Å². The first-order valence-electron chi connectivity index (χ1n) is 21.9. The number of carbonyl (C=O) groups is 4. The Kier molecular flexibility index (Phi) is 15.4. The van der Waals surface area contributed by atoms with Crippen LogP contribution >= 0.6 is 15.9 Å². The average Bonchev–Trinajstić information content (AvgIpc) is 3.89. The maximum absolute atomic E-state index is 13.3. The summed E-state index contributed by atoms with van der Waals surface area (Å²) < 4.78 is 10.7. The summed E-state index contributed by atoms with van der Waals surface area (Å²) in [5.41, 5.74) is 4.28. The van der Waals surface area contributed by atoms with Crippen molar-refractivity contribution in [2.45, 2.75) is 37.6 Å². The first-order valence-corrected chi connectivity index (χ1v) is 23.0. The van der Waals surface area contributed by atoms with Crippen molar-refractivity contribution in [3.05, 3.63) is 149 Å². The molecule has 4 amide bonds. The highest BCUT2D eigenvalue weighted by atomic mass is 79.9. The van der Waals surface area contributed by atoms with Crippen molar-refractivity contribution < 1.29 is 28.7 Å².